The number of nitrogens with one attached hydrogen (secondary N) is 1. The van der Waals surface area contributed by atoms with Gasteiger partial charge in [0.2, 0.25) is 20.0 Å². The van der Waals surface area contributed by atoms with Crippen molar-refractivity contribution < 1.29 is 38.4 Å². The second kappa shape index (κ2) is 9.94. The summed E-state index contributed by atoms with van der Waals surface area (Å²) in [7, 11) is -13.7. The van der Waals surface area contributed by atoms with Crippen molar-refractivity contribution in [1.29, 1.82) is 0 Å². The minimum Gasteiger partial charge on any atom is -0.212 e. The molecule has 1 aromatic carbocycles. The van der Waals surface area contributed by atoms with Crippen molar-refractivity contribution in [3.05, 3.63) is 23.8 Å². The summed E-state index contributed by atoms with van der Waals surface area (Å²) in [4.78, 5) is -2.10. The van der Waals surface area contributed by atoms with E-state index < -0.39 is 51.6 Å². The van der Waals surface area contributed by atoms with Crippen molar-refractivity contribution in [2.75, 3.05) is 19.3 Å². The second-order valence-electron chi connectivity index (χ2n) is 6.63. The summed E-state index contributed by atoms with van der Waals surface area (Å²) in [6.45, 7) is 3.65. The topological polar surface area (TPSA) is 118 Å². The number of benzene rings is 1. The molecule has 0 radical (unpaired) electrons. The van der Waals surface area contributed by atoms with Crippen molar-refractivity contribution >= 4 is 30.1 Å². The standard InChI is InChI=1S/C16H25F3N2O6S3/c1-4-6-10-21(11-7-5-2)30(26,27)15-9-8-13(12-14(15)16(17,18)19)29(24,25)20-28(3,22)23/h8-9,12,20H,4-7,10-11H2,1-3H3. The number of nitrogens with zero attached hydrogens (tertiary/aromatic N) is 1. The van der Waals surface area contributed by atoms with Crippen LogP contribution in [0.4, 0.5) is 13.2 Å². The van der Waals surface area contributed by atoms with Crippen LogP contribution in [0.5, 0.6) is 0 Å². The van der Waals surface area contributed by atoms with Crippen LogP contribution in [-0.2, 0) is 36.2 Å². The fourth-order valence-corrected chi connectivity index (χ4v) is 6.74. The van der Waals surface area contributed by atoms with Crippen molar-refractivity contribution in [2.45, 2.75) is 55.5 Å². The van der Waals surface area contributed by atoms with E-state index in [1.807, 2.05) is 0 Å². The first kappa shape index (κ1) is 26.8. The Bertz CT molecular complexity index is 1040. The first-order chi connectivity index (χ1) is 13.6. The summed E-state index contributed by atoms with van der Waals surface area (Å²) in [5.41, 5.74) is -1.68. The molecular weight excluding hydrogens is 469 g/mol. The van der Waals surface area contributed by atoms with Gasteiger partial charge in [-0.05, 0) is 31.0 Å². The number of sulfonamides is 3. The predicted molar refractivity (Wildman–Crippen MR) is 105 cm³/mol. The molecule has 0 bridgehead atoms. The summed E-state index contributed by atoms with van der Waals surface area (Å²) in [6, 6.07) is 1.30. The lowest BCUT2D eigenvalue weighted by molar-refractivity contribution is -0.140. The average molecular weight is 495 g/mol. The van der Waals surface area contributed by atoms with Crippen molar-refractivity contribution in [3.63, 3.8) is 0 Å². The van der Waals surface area contributed by atoms with Crippen molar-refractivity contribution in [2.24, 2.45) is 0 Å². The van der Waals surface area contributed by atoms with Gasteiger partial charge in [0.15, 0.2) is 0 Å². The molecule has 0 heterocycles. The number of hydrogen-bond donors (Lipinski definition) is 1. The van der Waals surface area contributed by atoms with Gasteiger partial charge in [0.1, 0.15) is 0 Å². The highest BCUT2D eigenvalue weighted by atomic mass is 32.3. The molecule has 0 amide bonds. The SMILES string of the molecule is CCCCN(CCCC)S(=O)(=O)c1ccc(S(=O)(=O)NS(C)(=O)=O)cc1C(F)(F)F. The maximum atomic E-state index is 13.6. The Kier molecular flexibility index (Phi) is 8.88. The molecule has 174 valence electrons. The molecule has 0 unspecified atom stereocenters. The van der Waals surface area contributed by atoms with Crippen LogP contribution in [0.1, 0.15) is 45.1 Å². The number of unbranched alkanes of at least 4 members (excludes halogenated alkanes) is 2. The molecule has 1 rings (SSSR count). The lowest BCUT2D eigenvalue weighted by atomic mass is 10.2. The molecule has 0 fully saturated rings. The molecule has 8 nitrogen and oxygen atoms in total. The maximum Gasteiger partial charge on any atom is 0.417 e. The molecule has 0 saturated heterocycles. The molecule has 0 saturated carbocycles. The lowest BCUT2D eigenvalue weighted by Gasteiger charge is -2.24. The average Bonchev–Trinajstić information content (AvgIpc) is 2.58. The van der Waals surface area contributed by atoms with E-state index in [2.05, 4.69) is 0 Å². The Balaban J connectivity index is 3.62. The van der Waals surface area contributed by atoms with Gasteiger partial charge in [0.05, 0.1) is 21.6 Å². The quantitative estimate of drug-likeness (QED) is 0.505. The van der Waals surface area contributed by atoms with Crippen molar-refractivity contribution in [1.82, 2.24) is 8.43 Å². The van der Waals surface area contributed by atoms with Gasteiger partial charge in [0.25, 0.3) is 10.0 Å². The fraction of sp³-hybridized carbons (Fsp3) is 0.625. The normalized spacial score (nSPS) is 13.7. The summed E-state index contributed by atoms with van der Waals surface area (Å²) in [5.74, 6) is 0. The Morgan fingerprint density at radius 2 is 1.43 bits per heavy atom. The molecule has 0 aliphatic rings. The van der Waals surface area contributed by atoms with Crippen LogP contribution in [0.15, 0.2) is 28.0 Å². The van der Waals surface area contributed by atoms with E-state index >= 15 is 0 Å². The lowest BCUT2D eigenvalue weighted by Crippen LogP contribution is -2.34. The molecule has 0 spiro atoms. The largest absolute Gasteiger partial charge is 0.417 e. The molecule has 1 N–H and O–H groups in total. The summed E-state index contributed by atoms with van der Waals surface area (Å²) in [5, 5.41) is 0. The number of alkyl halides is 3. The van der Waals surface area contributed by atoms with Gasteiger partial charge >= 0.3 is 6.18 Å². The van der Waals surface area contributed by atoms with Crippen LogP contribution in [0.3, 0.4) is 0 Å². The van der Waals surface area contributed by atoms with Gasteiger partial charge in [-0.2, -0.15) is 17.5 Å². The van der Waals surface area contributed by atoms with E-state index in [0.717, 1.165) is 4.31 Å². The van der Waals surface area contributed by atoms with Gasteiger partial charge in [-0.3, -0.25) is 0 Å². The van der Waals surface area contributed by atoms with Gasteiger partial charge in [-0.25, -0.2) is 25.3 Å². The van der Waals surface area contributed by atoms with Crippen LogP contribution in [0.25, 0.3) is 0 Å². The molecule has 1 aromatic rings. The van der Waals surface area contributed by atoms with Crippen LogP contribution in [0.2, 0.25) is 0 Å². The Hall–Kier alpha value is -1.22. The first-order valence-corrected chi connectivity index (χ1v) is 13.8. The molecular formula is C16H25F3N2O6S3. The first-order valence-electron chi connectivity index (χ1n) is 9.01. The van der Waals surface area contributed by atoms with E-state index in [0.29, 0.717) is 44.1 Å². The predicted octanol–water partition coefficient (Wildman–Crippen LogP) is 2.53. The van der Waals surface area contributed by atoms with Gasteiger partial charge < -0.3 is 0 Å². The number of hydrogen-bond acceptors (Lipinski definition) is 6. The van der Waals surface area contributed by atoms with Gasteiger partial charge in [0, 0.05) is 13.1 Å². The third-order valence-electron chi connectivity index (χ3n) is 3.97. The van der Waals surface area contributed by atoms with Crippen LogP contribution in [-0.4, -0.2) is 48.9 Å². The highest BCUT2D eigenvalue weighted by Crippen LogP contribution is 2.37. The maximum absolute atomic E-state index is 13.6. The summed E-state index contributed by atoms with van der Waals surface area (Å²) in [6.07, 6.45) is -2.55. The zero-order valence-electron chi connectivity index (χ0n) is 16.7. The molecule has 0 aliphatic heterocycles. The van der Waals surface area contributed by atoms with E-state index in [1.54, 1.807) is 13.8 Å². The Morgan fingerprint density at radius 3 is 1.83 bits per heavy atom. The van der Waals surface area contributed by atoms with E-state index in [4.69, 9.17) is 0 Å². The van der Waals surface area contributed by atoms with E-state index in [9.17, 15) is 38.4 Å². The number of rotatable bonds is 11. The van der Waals surface area contributed by atoms with Crippen molar-refractivity contribution in [3.8, 4) is 0 Å². The highest BCUT2D eigenvalue weighted by molar-refractivity contribution is 8.04. The smallest absolute Gasteiger partial charge is 0.212 e. The second-order valence-corrected chi connectivity index (χ2v) is 12.2. The summed E-state index contributed by atoms with van der Waals surface area (Å²) < 4.78 is 116. The molecule has 30 heavy (non-hydrogen) atoms. The molecule has 0 aliphatic carbocycles. The van der Waals surface area contributed by atoms with Crippen LogP contribution < -0.4 is 4.13 Å². The Morgan fingerprint density at radius 1 is 0.933 bits per heavy atom. The zero-order chi connectivity index (χ0) is 23.4. The van der Waals surface area contributed by atoms with E-state index in [1.165, 1.54) is 4.13 Å². The molecule has 0 atom stereocenters. The minimum absolute atomic E-state index is 0.0197. The third-order valence-corrected chi connectivity index (χ3v) is 8.89. The zero-order valence-corrected chi connectivity index (χ0v) is 19.2. The molecule has 14 heteroatoms. The summed E-state index contributed by atoms with van der Waals surface area (Å²) >= 11 is 0. The van der Waals surface area contributed by atoms with Crippen LogP contribution >= 0.6 is 0 Å². The minimum atomic E-state index is -5.19. The monoisotopic (exact) mass is 494 g/mol. The third kappa shape index (κ3) is 7.18. The molecule has 0 aromatic heterocycles. The van der Waals surface area contributed by atoms with Gasteiger partial charge in [-0.15, -0.1) is 4.13 Å². The Labute approximate surface area is 175 Å². The highest BCUT2D eigenvalue weighted by Gasteiger charge is 2.40. The number of halogens is 3. The van der Waals surface area contributed by atoms with Gasteiger partial charge in [-0.1, -0.05) is 26.7 Å². The van der Waals surface area contributed by atoms with Crippen LogP contribution in [0, 0.1) is 0 Å². The van der Waals surface area contributed by atoms with E-state index in [-0.39, 0.29) is 19.2 Å². The fourth-order valence-electron chi connectivity index (χ4n) is 2.53.